The zero-order valence-corrected chi connectivity index (χ0v) is 15.6. The summed E-state index contributed by atoms with van der Waals surface area (Å²) >= 11 is 0. The molecule has 0 spiro atoms. The predicted molar refractivity (Wildman–Crippen MR) is 111 cm³/mol. The number of hydrogen-bond acceptors (Lipinski definition) is 2. The normalized spacial score (nSPS) is 15.1. The van der Waals surface area contributed by atoms with Crippen LogP contribution in [0.15, 0.2) is 60.7 Å². The summed E-state index contributed by atoms with van der Waals surface area (Å²) in [6.45, 7) is 1.35. The summed E-state index contributed by atoms with van der Waals surface area (Å²) in [6, 6.07) is 20.8. The fraction of sp³-hybridized carbons (Fsp3) is 0.167. The molecule has 0 bridgehead atoms. The Morgan fingerprint density at radius 1 is 1.00 bits per heavy atom. The molecular formula is C24H21N3O. The number of benzene rings is 2. The lowest BCUT2D eigenvalue weighted by molar-refractivity contribution is -0.115. The summed E-state index contributed by atoms with van der Waals surface area (Å²) in [4.78, 5) is 17.4. The number of rotatable bonds is 3. The highest BCUT2D eigenvalue weighted by molar-refractivity contribution is 6.13. The van der Waals surface area contributed by atoms with Gasteiger partial charge in [0.05, 0.1) is 10.7 Å². The Bertz CT molecular complexity index is 1150. The molecule has 4 nitrogen and oxygen atoms in total. The van der Waals surface area contributed by atoms with E-state index in [9.17, 15) is 4.79 Å². The third-order valence-corrected chi connectivity index (χ3v) is 5.38. The molecule has 3 aromatic rings. The number of nitrogens with zero attached hydrogens (tertiary/aromatic N) is 2. The van der Waals surface area contributed by atoms with Crippen molar-refractivity contribution in [2.45, 2.75) is 19.4 Å². The van der Waals surface area contributed by atoms with Crippen LogP contribution < -0.4 is 16.0 Å². The van der Waals surface area contributed by atoms with Gasteiger partial charge in [-0.1, -0.05) is 66.7 Å². The maximum atomic E-state index is 12.5. The molecule has 0 radical (unpaired) electrons. The molecule has 0 saturated heterocycles. The zero-order chi connectivity index (χ0) is 18.9. The van der Waals surface area contributed by atoms with Crippen molar-refractivity contribution in [2.24, 2.45) is 0 Å². The fourth-order valence-electron chi connectivity index (χ4n) is 4.06. The Morgan fingerprint density at radius 2 is 1.68 bits per heavy atom. The number of imidazole rings is 1. The maximum Gasteiger partial charge on any atom is 0.249 e. The third-order valence-electron chi connectivity index (χ3n) is 5.38. The molecule has 0 fully saturated rings. The van der Waals surface area contributed by atoms with Crippen LogP contribution in [0.1, 0.15) is 29.8 Å². The lowest BCUT2D eigenvalue weighted by Gasteiger charge is -2.10. The van der Waals surface area contributed by atoms with Crippen molar-refractivity contribution in [1.82, 2.24) is 14.9 Å². The van der Waals surface area contributed by atoms with E-state index in [0.717, 1.165) is 58.2 Å². The minimum Gasteiger partial charge on any atom is -0.350 e. The minimum atomic E-state index is 0.0508. The lowest BCUT2D eigenvalue weighted by Crippen LogP contribution is -2.36. The molecule has 28 heavy (non-hydrogen) atoms. The summed E-state index contributed by atoms with van der Waals surface area (Å²) in [6.07, 6.45) is 5.94. The van der Waals surface area contributed by atoms with Gasteiger partial charge >= 0.3 is 0 Å². The van der Waals surface area contributed by atoms with Gasteiger partial charge in [0.1, 0.15) is 5.82 Å². The molecule has 0 saturated carbocycles. The Labute approximate surface area is 163 Å². The van der Waals surface area contributed by atoms with Crippen molar-refractivity contribution in [3.63, 3.8) is 0 Å². The highest BCUT2D eigenvalue weighted by Gasteiger charge is 2.21. The maximum absolute atomic E-state index is 12.5. The molecule has 2 aliphatic rings. The molecule has 4 heteroatoms. The largest absolute Gasteiger partial charge is 0.350 e. The SMILES string of the molecule is O=C1NCCn2c(C=C(c3ccccc3)c3ccccc3)nc3c2=C1CCC=3. The van der Waals surface area contributed by atoms with E-state index in [-0.39, 0.29) is 5.91 Å². The molecule has 1 amide bonds. The number of carbonyl (C=O) groups excluding carboxylic acids is 1. The third kappa shape index (κ3) is 2.87. The topological polar surface area (TPSA) is 46.9 Å². The first-order valence-corrected chi connectivity index (χ1v) is 9.72. The van der Waals surface area contributed by atoms with Gasteiger partial charge in [0.2, 0.25) is 5.91 Å². The quantitative estimate of drug-likeness (QED) is 0.772. The van der Waals surface area contributed by atoms with E-state index in [0.29, 0.717) is 6.54 Å². The van der Waals surface area contributed by atoms with Crippen LogP contribution in [0.4, 0.5) is 0 Å². The highest BCUT2D eigenvalue weighted by atomic mass is 16.1. The molecular weight excluding hydrogens is 346 g/mol. The smallest absolute Gasteiger partial charge is 0.249 e. The summed E-state index contributed by atoms with van der Waals surface area (Å²) in [5, 5.41) is 4.95. The van der Waals surface area contributed by atoms with Crippen molar-refractivity contribution < 1.29 is 4.79 Å². The zero-order valence-electron chi connectivity index (χ0n) is 15.6. The van der Waals surface area contributed by atoms with Crippen LogP contribution in [0.5, 0.6) is 0 Å². The van der Waals surface area contributed by atoms with Crippen LogP contribution in [0.2, 0.25) is 0 Å². The van der Waals surface area contributed by atoms with Crippen molar-refractivity contribution in [3.05, 3.63) is 88.3 Å². The Balaban J connectivity index is 1.76. The van der Waals surface area contributed by atoms with E-state index < -0.39 is 0 Å². The van der Waals surface area contributed by atoms with Crippen molar-refractivity contribution in [2.75, 3.05) is 6.54 Å². The first-order chi connectivity index (χ1) is 13.8. The summed E-state index contributed by atoms with van der Waals surface area (Å²) in [5.74, 6) is 0.953. The number of nitrogens with one attached hydrogen (secondary N) is 1. The molecule has 2 heterocycles. The second kappa shape index (κ2) is 6.97. The Hall–Kier alpha value is -3.40. The molecule has 138 valence electrons. The summed E-state index contributed by atoms with van der Waals surface area (Å²) in [5.41, 5.74) is 4.30. The average Bonchev–Trinajstić information content (AvgIpc) is 3.00. The lowest BCUT2D eigenvalue weighted by atomic mass is 9.97. The van der Waals surface area contributed by atoms with E-state index in [1.54, 1.807) is 0 Å². The van der Waals surface area contributed by atoms with Gasteiger partial charge in [-0.05, 0) is 35.6 Å². The predicted octanol–water partition coefficient (Wildman–Crippen LogP) is 2.33. The number of amides is 1. The molecule has 0 atom stereocenters. The Kier molecular flexibility index (Phi) is 4.17. The van der Waals surface area contributed by atoms with Gasteiger partial charge < -0.3 is 9.88 Å². The Morgan fingerprint density at radius 3 is 2.36 bits per heavy atom. The molecule has 1 aliphatic heterocycles. The molecule has 0 unspecified atom stereocenters. The van der Waals surface area contributed by atoms with E-state index in [2.05, 4.69) is 70.6 Å². The molecule has 1 aromatic heterocycles. The van der Waals surface area contributed by atoms with Crippen LogP contribution in [-0.4, -0.2) is 22.0 Å². The second-order valence-electron chi connectivity index (χ2n) is 7.12. The second-order valence-corrected chi connectivity index (χ2v) is 7.12. The van der Waals surface area contributed by atoms with Crippen molar-refractivity contribution >= 4 is 29.2 Å². The van der Waals surface area contributed by atoms with Gasteiger partial charge in [0, 0.05) is 18.7 Å². The van der Waals surface area contributed by atoms with Gasteiger partial charge in [-0.3, -0.25) is 4.79 Å². The van der Waals surface area contributed by atoms with Gasteiger partial charge in [-0.15, -0.1) is 0 Å². The summed E-state index contributed by atoms with van der Waals surface area (Å²) in [7, 11) is 0. The number of aromatic nitrogens is 2. The van der Waals surface area contributed by atoms with Gasteiger partial charge in [-0.25, -0.2) is 4.98 Å². The minimum absolute atomic E-state index is 0.0508. The average molecular weight is 367 g/mol. The molecule has 5 rings (SSSR count). The van der Waals surface area contributed by atoms with Crippen molar-refractivity contribution in [1.29, 1.82) is 0 Å². The fourth-order valence-corrected chi connectivity index (χ4v) is 4.06. The number of carbonyl (C=O) groups is 1. The monoisotopic (exact) mass is 367 g/mol. The molecule has 2 aromatic carbocycles. The van der Waals surface area contributed by atoms with Gasteiger partial charge in [0.15, 0.2) is 0 Å². The van der Waals surface area contributed by atoms with Crippen molar-refractivity contribution in [3.8, 4) is 0 Å². The first kappa shape index (κ1) is 16.8. The van der Waals surface area contributed by atoms with Gasteiger partial charge in [-0.2, -0.15) is 0 Å². The van der Waals surface area contributed by atoms with Crippen LogP contribution in [0.25, 0.3) is 23.3 Å². The molecule has 1 N–H and O–H groups in total. The van der Waals surface area contributed by atoms with Crippen LogP contribution in [0.3, 0.4) is 0 Å². The molecule has 1 aliphatic carbocycles. The van der Waals surface area contributed by atoms with Crippen LogP contribution in [-0.2, 0) is 11.3 Å². The summed E-state index contributed by atoms with van der Waals surface area (Å²) < 4.78 is 2.20. The van der Waals surface area contributed by atoms with E-state index in [1.807, 2.05) is 12.1 Å². The van der Waals surface area contributed by atoms with Gasteiger partial charge in [0.25, 0.3) is 0 Å². The van der Waals surface area contributed by atoms with E-state index in [1.165, 1.54) is 0 Å². The first-order valence-electron chi connectivity index (χ1n) is 9.72. The van der Waals surface area contributed by atoms with Crippen LogP contribution in [0, 0.1) is 0 Å². The standard InChI is InChI=1S/C24H21N3O/c28-24-19-12-7-13-21-23(19)27(15-14-25-24)22(26-21)16-20(17-8-3-1-4-9-17)18-10-5-2-6-11-18/h1-6,8-11,13,16H,7,12,14-15H2,(H,25,28). The number of hydrogen-bond donors (Lipinski definition) is 1. The highest BCUT2D eigenvalue weighted by Crippen LogP contribution is 2.25. The van der Waals surface area contributed by atoms with Crippen LogP contribution >= 0.6 is 0 Å². The van der Waals surface area contributed by atoms with E-state index >= 15 is 0 Å². The van der Waals surface area contributed by atoms with E-state index in [4.69, 9.17) is 4.98 Å².